The average molecular weight is 460 g/mol. The maximum absolute atomic E-state index is 12.7. The Kier molecular flexibility index (Phi) is 6.14. The lowest BCUT2D eigenvalue weighted by molar-refractivity contribution is -0.384. The van der Waals surface area contributed by atoms with Crippen LogP contribution >= 0.6 is 23.5 Å². The van der Waals surface area contributed by atoms with E-state index >= 15 is 0 Å². The van der Waals surface area contributed by atoms with Crippen molar-refractivity contribution >= 4 is 45.5 Å². The first kappa shape index (κ1) is 21.2. The van der Waals surface area contributed by atoms with Gasteiger partial charge >= 0.3 is 0 Å². The highest BCUT2D eigenvalue weighted by molar-refractivity contribution is 8.26. The van der Waals surface area contributed by atoms with Crippen molar-refractivity contribution in [2.45, 2.75) is 17.4 Å². The third-order valence-corrected chi connectivity index (χ3v) is 6.73. The summed E-state index contributed by atoms with van der Waals surface area (Å²) in [6.07, 6.45) is 0.420. The van der Waals surface area contributed by atoms with Crippen LogP contribution in [0.3, 0.4) is 0 Å². The van der Waals surface area contributed by atoms with Gasteiger partial charge in [-0.1, -0.05) is 12.1 Å². The topological polar surface area (TPSA) is 119 Å². The molecular formula is C20H17N3O6S2. The van der Waals surface area contributed by atoms with E-state index in [4.69, 9.17) is 4.74 Å². The van der Waals surface area contributed by atoms with E-state index in [1.54, 1.807) is 23.1 Å². The van der Waals surface area contributed by atoms with Gasteiger partial charge in [0.05, 0.1) is 22.9 Å². The van der Waals surface area contributed by atoms with Gasteiger partial charge < -0.3 is 15.0 Å². The van der Waals surface area contributed by atoms with Crippen molar-refractivity contribution in [1.29, 1.82) is 0 Å². The zero-order valence-corrected chi connectivity index (χ0v) is 17.7. The second kappa shape index (κ2) is 8.98. The number of rotatable bonds is 7. The summed E-state index contributed by atoms with van der Waals surface area (Å²) in [4.78, 5) is 48.4. The molecule has 1 atom stereocenters. The zero-order chi connectivity index (χ0) is 22.0. The molecule has 2 aliphatic heterocycles. The summed E-state index contributed by atoms with van der Waals surface area (Å²) in [6, 6.07) is 11.0. The third-order valence-electron chi connectivity index (χ3n) is 4.83. The molecule has 2 aromatic rings. The largest absolute Gasteiger partial charge is 0.492 e. The van der Waals surface area contributed by atoms with Gasteiger partial charge in [-0.3, -0.25) is 24.5 Å². The molecule has 31 heavy (non-hydrogen) atoms. The number of carbonyl (C=O) groups excluding carboxylic acids is 3. The fourth-order valence-electron chi connectivity index (χ4n) is 3.23. The van der Waals surface area contributed by atoms with Crippen molar-refractivity contribution in [2.24, 2.45) is 0 Å². The molecule has 0 spiro atoms. The molecule has 1 saturated heterocycles. The van der Waals surface area contributed by atoms with Gasteiger partial charge in [-0.2, -0.15) is 0 Å². The summed E-state index contributed by atoms with van der Waals surface area (Å²) in [5.74, 6) is 0.816. The van der Waals surface area contributed by atoms with Crippen LogP contribution in [0.15, 0.2) is 47.4 Å². The van der Waals surface area contributed by atoms with Crippen LogP contribution in [-0.4, -0.2) is 51.2 Å². The Bertz CT molecular complexity index is 1060. The van der Waals surface area contributed by atoms with E-state index in [1.807, 2.05) is 12.1 Å². The molecule has 1 unspecified atom stereocenters. The number of non-ortho nitro benzene ring substituents is 1. The van der Waals surface area contributed by atoms with Gasteiger partial charge in [-0.05, 0) is 23.8 Å². The number of amides is 2. The van der Waals surface area contributed by atoms with E-state index in [0.29, 0.717) is 41.9 Å². The number of nitro benzene ring substituents is 1. The van der Waals surface area contributed by atoms with E-state index in [2.05, 4.69) is 5.32 Å². The maximum atomic E-state index is 12.7. The molecule has 2 heterocycles. The number of ether oxygens (including phenoxy) is 1. The highest BCUT2D eigenvalue weighted by atomic mass is 32.2. The highest BCUT2D eigenvalue weighted by Gasteiger charge is 2.31. The predicted molar refractivity (Wildman–Crippen MR) is 115 cm³/mol. The molecule has 0 aromatic heterocycles. The molecule has 0 bridgehead atoms. The molecule has 2 aliphatic rings. The normalized spacial score (nSPS) is 18.0. The highest BCUT2D eigenvalue weighted by Crippen LogP contribution is 2.32. The second-order valence-corrected chi connectivity index (χ2v) is 8.85. The van der Waals surface area contributed by atoms with Crippen LogP contribution in [0.1, 0.15) is 15.9 Å². The standard InChI is InChI=1S/C20H17N3O6S2/c24-18-15-10-13(23(27)28)3-6-17(15)30-11-22(18)7-8-29-14-4-1-12(2-5-14)9-16-19(25)31-20(26)21-16/h1-6,10,16H,7-9,11H2,(H,21,26). The Morgan fingerprint density at radius 2 is 1.94 bits per heavy atom. The van der Waals surface area contributed by atoms with E-state index in [9.17, 15) is 24.5 Å². The number of benzene rings is 2. The maximum Gasteiger partial charge on any atom is 0.287 e. The summed E-state index contributed by atoms with van der Waals surface area (Å²) in [5.41, 5.74) is 1.12. The number of nitrogens with one attached hydrogen (secondary N) is 1. The minimum absolute atomic E-state index is 0.108. The average Bonchev–Trinajstić information content (AvgIpc) is 3.07. The first-order valence-electron chi connectivity index (χ1n) is 9.35. The van der Waals surface area contributed by atoms with Gasteiger partial charge in [0, 0.05) is 35.2 Å². The lowest BCUT2D eigenvalue weighted by atomic mass is 10.1. The van der Waals surface area contributed by atoms with E-state index in [-0.39, 0.29) is 28.6 Å². The summed E-state index contributed by atoms with van der Waals surface area (Å²) in [7, 11) is 0. The fraction of sp³-hybridized carbons (Fsp3) is 0.250. The van der Waals surface area contributed by atoms with Crippen LogP contribution in [0, 0.1) is 10.1 Å². The molecule has 0 aliphatic carbocycles. The molecule has 9 nitrogen and oxygen atoms in total. The van der Waals surface area contributed by atoms with Gasteiger partial charge in [-0.15, -0.1) is 11.8 Å². The van der Waals surface area contributed by atoms with Crippen molar-refractivity contribution in [3.05, 3.63) is 63.7 Å². The SMILES string of the molecule is O=C1NC(Cc2ccc(OCCN3CSc4ccc([N+](=O)[O-])cc4C3=O)cc2)C(=O)S1. The van der Waals surface area contributed by atoms with Crippen molar-refractivity contribution in [2.75, 3.05) is 19.0 Å². The number of nitro groups is 1. The number of nitrogens with zero attached hydrogens (tertiary/aromatic N) is 2. The van der Waals surface area contributed by atoms with Crippen molar-refractivity contribution in [3.63, 3.8) is 0 Å². The zero-order valence-electron chi connectivity index (χ0n) is 16.1. The number of thioether (sulfide) groups is 2. The van der Waals surface area contributed by atoms with Gasteiger partial charge in [-0.25, -0.2) is 0 Å². The Morgan fingerprint density at radius 1 is 1.16 bits per heavy atom. The van der Waals surface area contributed by atoms with Crippen molar-refractivity contribution in [3.8, 4) is 5.75 Å². The summed E-state index contributed by atoms with van der Waals surface area (Å²) >= 11 is 2.15. The number of carbonyl (C=O) groups is 3. The Labute approximate surface area is 185 Å². The smallest absolute Gasteiger partial charge is 0.287 e. The first-order chi connectivity index (χ1) is 14.9. The third kappa shape index (κ3) is 4.83. The van der Waals surface area contributed by atoms with E-state index < -0.39 is 11.0 Å². The molecule has 0 radical (unpaired) electrons. The Hall–Kier alpha value is -3.05. The molecule has 11 heteroatoms. The minimum atomic E-state index is -0.515. The Morgan fingerprint density at radius 3 is 2.61 bits per heavy atom. The lowest BCUT2D eigenvalue weighted by Gasteiger charge is -2.27. The molecule has 0 saturated carbocycles. The van der Waals surface area contributed by atoms with E-state index in [0.717, 1.165) is 10.5 Å². The lowest BCUT2D eigenvalue weighted by Crippen LogP contribution is -2.37. The fourth-order valence-corrected chi connectivity index (χ4v) is 4.90. The summed E-state index contributed by atoms with van der Waals surface area (Å²) in [5, 5.41) is 13.1. The molecule has 2 aromatic carbocycles. The van der Waals surface area contributed by atoms with Gasteiger partial charge in [0.1, 0.15) is 18.4 Å². The number of hydrogen-bond donors (Lipinski definition) is 1. The number of fused-ring (bicyclic) bond motifs is 1. The second-order valence-electron chi connectivity index (χ2n) is 6.88. The van der Waals surface area contributed by atoms with Gasteiger partial charge in [0.2, 0.25) is 5.12 Å². The van der Waals surface area contributed by atoms with Gasteiger partial charge in [0.15, 0.2) is 0 Å². The summed E-state index contributed by atoms with van der Waals surface area (Å²) < 4.78 is 5.72. The van der Waals surface area contributed by atoms with Crippen LogP contribution in [-0.2, 0) is 11.2 Å². The van der Waals surface area contributed by atoms with Crippen LogP contribution < -0.4 is 10.1 Å². The van der Waals surface area contributed by atoms with Gasteiger partial charge in [0.25, 0.3) is 16.8 Å². The number of hydrogen-bond acceptors (Lipinski definition) is 8. The quantitative estimate of drug-likeness (QED) is 0.496. The first-order valence-corrected chi connectivity index (χ1v) is 11.2. The Balaban J connectivity index is 1.30. The predicted octanol–water partition coefficient (Wildman–Crippen LogP) is 3.07. The van der Waals surface area contributed by atoms with Crippen LogP contribution in [0.4, 0.5) is 10.5 Å². The summed E-state index contributed by atoms with van der Waals surface area (Å²) in [6.45, 7) is 0.610. The molecular weight excluding hydrogens is 442 g/mol. The van der Waals surface area contributed by atoms with Crippen molar-refractivity contribution in [1.82, 2.24) is 10.2 Å². The van der Waals surface area contributed by atoms with Crippen molar-refractivity contribution < 1.29 is 24.0 Å². The van der Waals surface area contributed by atoms with Crippen LogP contribution in [0.5, 0.6) is 5.75 Å². The van der Waals surface area contributed by atoms with E-state index in [1.165, 1.54) is 23.9 Å². The monoisotopic (exact) mass is 459 g/mol. The molecule has 4 rings (SSSR count). The molecule has 1 N–H and O–H groups in total. The van der Waals surface area contributed by atoms with Crippen LogP contribution in [0.25, 0.3) is 0 Å². The molecule has 1 fully saturated rings. The molecule has 2 amide bonds. The molecule has 160 valence electrons. The van der Waals surface area contributed by atoms with Crippen LogP contribution in [0.2, 0.25) is 0 Å². The minimum Gasteiger partial charge on any atom is -0.492 e.